The lowest BCUT2D eigenvalue weighted by molar-refractivity contribution is 0.188. The van der Waals surface area contributed by atoms with Crippen molar-refractivity contribution in [2.45, 2.75) is 18.9 Å². The van der Waals surface area contributed by atoms with E-state index in [0.29, 0.717) is 0 Å². The molecule has 0 fully saturated rings. The number of hydrogen-bond acceptors (Lipinski definition) is 2. The summed E-state index contributed by atoms with van der Waals surface area (Å²) < 4.78 is 0.826. The Balaban J connectivity index is 2.35. The quantitative estimate of drug-likeness (QED) is 0.889. The van der Waals surface area contributed by atoms with E-state index in [1.54, 1.807) is 12.4 Å². The van der Waals surface area contributed by atoms with Crippen molar-refractivity contribution in [2.75, 3.05) is 0 Å². The van der Waals surface area contributed by atoms with Gasteiger partial charge in [0.1, 0.15) is 0 Å². The number of pyridine rings is 1. The Bertz CT molecular complexity index is 589. The van der Waals surface area contributed by atoms with E-state index in [2.05, 4.69) is 26.2 Å². The minimum Gasteiger partial charge on any atom is -0.465 e. The minimum atomic E-state index is -1.04. The number of amides is 1. The highest BCUT2D eigenvalue weighted by molar-refractivity contribution is 9.10. The Morgan fingerprint density at radius 3 is 2.55 bits per heavy atom. The van der Waals surface area contributed by atoms with E-state index in [4.69, 9.17) is 5.11 Å². The highest BCUT2D eigenvalue weighted by Crippen LogP contribution is 2.31. The molecule has 4 nitrogen and oxygen atoms in total. The third kappa shape index (κ3) is 3.57. The molecule has 2 rings (SSSR count). The summed E-state index contributed by atoms with van der Waals surface area (Å²) in [5.74, 6) is 0.00315. The molecule has 0 aliphatic heterocycles. The summed E-state index contributed by atoms with van der Waals surface area (Å²) in [6.07, 6.45) is 2.32. The second-order valence-corrected chi connectivity index (χ2v) is 5.48. The SMILES string of the molecule is CC(c1ccccc1)C(NC(=O)O)c1cncc(Br)c1. The fourth-order valence-corrected chi connectivity index (χ4v) is 2.56. The van der Waals surface area contributed by atoms with Gasteiger partial charge < -0.3 is 10.4 Å². The van der Waals surface area contributed by atoms with Gasteiger partial charge in [0.15, 0.2) is 0 Å². The Labute approximate surface area is 126 Å². The zero-order valence-electron chi connectivity index (χ0n) is 11.0. The molecule has 2 unspecified atom stereocenters. The van der Waals surface area contributed by atoms with Crippen LogP contribution in [0.5, 0.6) is 0 Å². The van der Waals surface area contributed by atoms with Gasteiger partial charge in [0, 0.05) is 22.8 Å². The van der Waals surface area contributed by atoms with Crippen molar-refractivity contribution in [1.82, 2.24) is 10.3 Å². The third-order valence-corrected chi connectivity index (χ3v) is 3.62. The topological polar surface area (TPSA) is 62.2 Å². The van der Waals surface area contributed by atoms with Crippen LogP contribution >= 0.6 is 15.9 Å². The fourth-order valence-electron chi connectivity index (χ4n) is 2.18. The van der Waals surface area contributed by atoms with E-state index in [1.165, 1.54) is 0 Å². The number of carboxylic acid groups (broad SMARTS) is 1. The van der Waals surface area contributed by atoms with Crippen LogP contribution in [0.3, 0.4) is 0 Å². The second kappa shape index (κ2) is 6.52. The predicted octanol–water partition coefficient (Wildman–Crippen LogP) is 3.96. The van der Waals surface area contributed by atoms with Crippen molar-refractivity contribution in [3.63, 3.8) is 0 Å². The van der Waals surface area contributed by atoms with Gasteiger partial charge in [0.25, 0.3) is 0 Å². The Hall–Kier alpha value is -1.88. The first-order valence-electron chi connectivity index (χ1n) is 6.23. The summed E-state index contributed by atoms with van der Waals surface area (Å²) in [4.78, 5) is 15.2. The number of carbonyl (C=O) groups is 1. The van der Waals surface area contributed by atoms with Crippen LogP contribution in [0.25, 0.3) is 0 Å². The molecule has 0 radical (unpaired) electrons. The van der Waals surface area contributed by atoms with Crippen molar-refractivity contribution in [1.29, 1.82) is 0 Å². The van der Waals surface area contributed by atoms with Gasteiger partial charge in [-0.2, -0.15) is 0 Å². The van der Waals surface area contributed by atoms with Crippen LogP contribution in [0, 0.1) is 0 Å². The molecular weight excluding hydrogens is 320 g/mol. The van der Waals surface area contributed by atoms with Gasteiger partial charge in [0.05, 0.1) is 6.04 Å². The second-order valence-electron chi connectivity index (χ2n) is 4.56. The van der Waals surface area contributed by atoms with Gasteiger partial charge in [-0.25, -0.2) is 4.79 Å². The number of nitrogens with zero attached hydrogens (tertiary/aromatic N) is 1. The van der Waals surface area contributed by atoms with E-state index in [1.807, 2.05) is 43.3 Å². The summed E-state index contributed by atoms with van der Waals surface area (Å²) in [7, 11) is 0. The molecule has 0 saturated heterocycles. The number of nitrogens with one attached hydrogen (secondary N) is 1. The van der Waals surface area contributed by atoms with Gasteiger partial charge in [-0.15, -0.1) is 0 Å². The largest absolute Gasteiger partial charge is 0.465 e. The van der Waals surface area contributed by atoms with Crippen LogP contribution in [0.4, 0.5) is 4.79 Å². The first kappa shape index (κ1) is 14.5. The maximum absolute atomic E-state index is 11.1. The lowest BCUT2D eigenvalue weighted by Crippen LogP contribution is -2.30. The average molecular weight is 335 g/mol. The van der Waals surface area contributed by atoms with E-state index in [0.717, 1.165) is 15.6 Å². The average Bonchev–Trinajstić information content (AvgIpc) is 2.45. The molecule has 5 heteroatoms. The van der Waals surface area contributed by atoms with Gasteiger partial charge in [-0.3, -0.25) is 4.98 Å². The van der Waals surface area contributed by atoms with E-state index in [9.17, 15) is 4.79 Å². The van der Waals surface area contributed by atoms with Crippen LogP contribution in [0.2, 0.25) is 0 Å². The van der Waals surface area contributed by atoms with Crippen LogP contribution in [0.1, 0.15) is 30.0 Å². The minimum absolute atomic E-state index is 0.00315. The molecule has 2 N–H and O–H groups in total. The zero-order valence-corrected chi connectivity index (χ0v) is 12.5. The summed E-state index contributed by atoms with van der Waals surface area (Å²) in [6, 6.07) is 11.4. The predicted molar refractivity (Wildman–Crippen MR) is 80.7 cm³/mol. The molecule has 0 aliphatic carbocycles. The molecule has 2 atom stereocenters. The molecule has 2 aromatic rings. The maximum Gasteiger partial charge on any atom is 0.405 e. The number of rotatable bonds is 4. The van der Waals surface area contributed by atoms with Gasteiger partial charge in [-0.1, -0.05) is 37.3 Å². The number of hydrogen-bond donors (Lipinski definition) is 2. The molecule has 1 aromatic heterocycles. The normalized spacial score (nSPS) is 13.5. The highest BCUT2D eigenvalue weighted by Gasteiger charge is 2.23. The molecular formula is C15H15BrN2O2. The Morgan fingerprint density at radius 1 is 1.25 bits per heavy atom. The molecule has 20 heavy (non-hydrogen) atoms. The molecule has 0 spiro atoms. The summed E-state index contributed by atoms with van der Waals surface area (Å²) >= 11 is 3.36. The number of halogens is 1. The molecule has 0 saturated carbocycles. The van der Waals surface area contributed by atoms with Crippen molar-refractivity contribution >= 4 is 22.0 Å². The molecule has 0 bridgehead atoms. The lowest BCUT2D eigenvalue weighted by Gasteiger charge is -2.24. The van der Waals surface area contributed by atoms with Gasteiger partial charge >= 0.3 is 6.09 Å². The molecule has 104 valence electrons. The van der Waals surface area contributed by atoms with E-state index >= 15 is 0 Å². The Kier molecular flexibility index (Phi) is 4.74. The van der Waals surface area contributed by atoms with Crippen LogP contribution in [-0.4, -0.2) is 16.2 Å². The summed E-state index contributed by atoms with van der Waals surface area (Å²) in [5.41, 5.74) is 1.91. The standard InChI is InChI=1S/C15H15BrN2O2/c1-10(11-5-3-2-4-6-11)14(18-15(19)20)12-7-13(16)9-17-8-12/h2-10,14,18H,1H3,(H,19,20). The van der Waals surface area contributed by atoms with Crippen LogP contribution < -0.4 is 5.32 Å². The van der Waals surface area contributed by atoms with Crippen molar-refractivity contribution in [3.8, 4) is 0 Å². The number of aromatic nitrogens is 1. The van der Waals surface area contributed by atoms with Gasteiger partial charge in [0.2, 0.25) is 0 Å². The molecule has 0 aliphatic rings. The maximum atomic E-state index is 11.1. The zero-order chi connectivity index (χ0) is 14.5. The molecule has 1 aromatic carbocycles. The monoisotopic (exact) mass is 334 g/mol. The Morgan fingerprint density at radius 2 is 1.95 bits per heavy atom. The molecule has 1 heterocycles. The lowest BCUT2D eigenvalue weighted by atomic mass is 9.89. The summed E-state index contributed by atoms with van der Waals surface area (Å²) in [5, 5.41) is 11.6. The van der Waals surface area contributed by atoms with Gasteiger partial charge in [-0.05, 0) is 33.1 Å². The van der Waals surface area contributed by atoms with Crippen LogP contribution in [0.15, 0.2) is 53.3 Å². The molecule has 1 amide bonds. The third-order valence-electron chi connectivity index (χ3n) is 3.19. The first-order valence-corrected chi connectivity index (χ1v) is 7.02. The van der Waals surface area contributed by atoms with Crippen LogP contribution in [-0.2, 0) is 0 Å². The summed E-state index contributed by atoms with van der Waals surface area (Å²) in [6.45, 7) is 2.00. The van der Waals surface area contributed by atoms with Crippen molar-refractivity contribution in [2.24, 2.45) is 0 Å². The first-order chi connectivity index (χ1) is 9.58. The number of benzene rings is 1. The fraction of sp³-hybridized carbons (Fsp3) is 0.200. The smallest absolute Gasteiger partial charge is 0.405 e. The highest BCUT2D eigenvalue weighted by atomic mass is 79.9. The van der Waals surface area contributed by atoms with E-state index < -0.39 is 6.09 Å². The van der Waals surface area contributed by atoms with E-state index in [-0.39, 0.29) is 12.0 Å². The van der Waals surface area contributed by atoms with Crippen molar-refractivity contribution in [3.05, 3.63) is 64.4 Å². The van der Waals surface area contributed by atoms with Crippen molar-refractivity contribution < 1.29 is 9.90 Å².